The summed E-state index contributed by atoms with van der Waals surface area (Å²) in [7, 11) is 0. The molecule has 0 saturated carbocycles. The Morgan fingerprint density at radius 3 is 2.87 bits per heavy atom. The SMILES string of the molecule is CC(C)NC(=O)CCNc1cnccn1. The van der Waals surface area contributed by atoms with E-state index < -0.39 is 0 Å². The average molecular weight is 208 g/mol. The second-order valence-corrected chi connectivity index (χ2v) is 3.49. The van der Waals surface area contributed by atoms with Gasteiger partial charge in [0.15, 0.2) is 0 Å². The highest BCUT2D eigenvalue weighted by atomic mass is 16.1. The summed E-state index contributed by atoms with van der Waals surface area (Å²) in [6, 6.07) is 0.189. The zero-order chi connectivity index (χ0) is 11.1. The number of amides is 1. The lowest BCUT2D eigenvalue weighted by Gasteiger charge is -2.08. The van der Waals surface area contributed by atoms with Crippen LogP contribution in [0.25, 0.3) is 0 Å². The summed E-state index contributed by atoms with van der Waals surface area (Å²) in [5, 5.41) is 5.83. The summed E-state index contributed by atoms with van der Waals surface area (Å²) < 4.78 is 0. The first kappa shape index (κ1) is 11.4. The third-order valence-corrected chi connectivity index (χ3v) is 1.67. The van der Waals surface area contributed by atoms with E-state index in [-0.39, 0.29) is 11.9 Å². The van der Waals surface area contributed by atoms with Crippen molar-refractivity contribution in [2.75, 3.05) is 11.9 Å². The quantitative estimate of drug-likeness (QED) is 0.751. The maximum atomic E-state index is 11.3. The van der Waals surface area contributed by atoms with Crippen molar-refractivity contribution < 1.29 is 4.79 Å². The molecule has 0 aliphatic rings. The minimum Gasteiger partial charge on any atom is -0.368 e. The Kier molecular flexibility index (Phi) is 4.53. The first-order chi connectivity index (χ1) is 7.18. The summed E-state index contributed by atoms with van der Waals surface area (Å²) in [5.41, 5.74) is 0. The molecule has 0 unspecified atom stereocenters. The van der Waals surface area contributed by atoms with E-state index >= 15 is 0 Å². The van der Waals surface area contributed by atoms with Crippen LogP contribution in [0.2, 0.25) is 0 Å². The minimum absolute atomic E-state index is 0.0430. The number of hydrogen-bond donors (Lipinski definition) is 2. The van der Waals surface area contributed by atoms with Crippen molar-refractivity contribution in [3.05, 3.63) is 18.6 Å². The van der Waals surface area contributed by atoms with Gasteiger partial charge in [-0.1, -0.05) is 0 Å². The largest absolute Gasteiger partial charge is 0.368 e. The van der Waals surface area contributed by atoms with E-state index in [1.54, 1.807) is 18.6 Å². The molecule has 2 N–H and O–H groups in total. The van der Waals surface area contributed by atoms with Crippen molar-refractivity contribution in [2.45, 2.75) is 26.3 Å². The van der Waals surface area contributed by atoms with Crippen LogP contribution >= 0.6 is 0 Å². The lowest BCUT2D eigenvalue weighted by Crippen LogP contribution is -2.31. The summed E-state index contributed by atoms with van der Waals surface area (Å²) in [5.74, 6) is 0.733. The maximum Gasteiger partial charge on any atom is 0.221 e. The van der Waals surface area contributed by atoms with Crippen molar-refractivity contribution >= 4 is 11.7 Å². The van der Waals surface area contributed by atoms with Crippen molar-refractivity contribution in [3.63, 3.8) is 0 Å². The average Bonchev–Trinajstić information content (AvgIpc) is 2.18. The number of rotatable bonds is 5. The maximum absolute atomic E-state index is 11.3. The van der Waals surface area contributed by atoms with Crippen LogP contribution in [0.15, 0.2) is 18.6 Å². The number of hydrogen-bond acceptors (Lipinski definition) is 4. The number of anilines is 1. The molecule has 1 amide bonds. The van der Waals surface area contributed by atoms with Crippen LogP contribution in [-0.2, 0) is 4.79 Å². The molecule has 0 aliphatic heterocycles. The number of carbonyl (C=O) groups is 1. The summed E-state index contributed by atoms with van der Waals surface area (Å²) in [6.45, 7) is 4.44. The van der Waals surface area contributed by atoms with Crippen LogP contribution in [0.3, 0.4) is 0 Å². The molecule has 0 atom stereocenters. The summed E-state index contributed by atoms with van der Waals surface area (Å²) in [4.78, 5) is 19.2. The van der Waals surface area contributed by atoms with E-state index in [9.17, 15) is 4.79 Å². The van der Waals surface area contributed by atoms with E-state index in [0.717, 1.165) is 0 Å². The van der Waals surface area contributed by atoms with Gasteiger partial charge in [0.2, 0.25) is 5.91 Å². The Bertz CT molecular complexity index is 300. The van der Waals surface area contributed by atoms with E-state index in [2.05, 4.69) is 20.6 Å². The fraction of sp³-hybridized carbons (Fsp3) is 0.500. The summed E-state index contributed by atoms with van der Waals surface area (Å²) in [6.07, 6.45) is 5.28. The monoisotopic (exact) mass is 208 g/mol. The Hall–Kier alpha value is -1.65. The van der Waals surface area contributed by atoms with Crippen molar-refractivity contribution in [3.8, 4) is 0 Å². The predicted molar refractivity (Wildman–Crippen MR) is 58.4 cm³/mol. The van der Waals surface area contributed by atoms with Crippen LogP contribution in [0.1, 0.15) is 20.3 Å². The molecule has 1 aromatic heterocycles. The highest BCUT2D eigenvalue weighted by Gasteiger charge is 2.02. The van der Waals surface area contributed by atoms with Gasteiger partial charge in [0.25, 0.3) is 0 Å². The molecule has 0 fully saturated rings. The molecule has 0 aliphatic carbocycles. The molecular weight excluding hydrogens is 192 g/mol. The molecule has 0 radical (unpaired) electrons. The van der Waals surface area contributed by atoms with Gasteiger partial charge in [-0.25, -0.2) is 4.98 Å². The molecule has 1 heterocycles. The number of aromatic nitrogens is 2. The van der Waals surface area contributed by atoms with Crippen LogP contribution in [0, 0.1) is 0 Å². The Labute approximate surface area is 89.3 Å². The third-order valence-electron chi connectivity index (χ3n) is 1.67. The third kappa shape index (κ3) is 4.95. The first-order valence-electron chi connectivity index (χ1n) is 4.97. The van der Waals surface area contributed by atoms with Gasteiger partial charge >= 0.3 is 0 Å². The topological polar surface area (TPSA) is 66.9 Å². The van der Waals surface area contributed by atoms with Gasteiger partial charge in [-0.3, -0.25) is 9.78 Å². The van der Waals surface area contributed by atoms with Crippen molar-refractivity contribution in [1.29, 1.82) is 0 Å². The number of nitrogens with zero attached hydrogens (tertiary/aromatic N) is 2. The predicted octanol–water partition coefficient (Wildman–Crippen LogP) is 0.803. The molecule has 5 nitrogen and oxygen atoms in total. The van der Waals surface area contributed by atoms with Crippen LogP contribution in [-0.4, -0.2) is 28.5 Å². The first-order valence-corrected chi connectivity index (χ1v) is 4.97. The van der Waals surface area contributed by atoms with E-state index in [1.807, 2.05) is 13.8 Å². The lowest BCUT2D eigenvalue weighted by atomic mass is 10.3. The zero-order valence-corrected chi connectivity index (χ0v) is 9.03. The lowest BCUT2D eigenvalue weighted by molar-refractivity contribution is -0.121. The van der Waals surface area contributed by atoms with Crippen LogP contribution < -0.4 is 10.6 Å². The highest BCUT2D eigenvalue weighted by Crippen LogP contribution is 1.96. The zero-order valence-electron chi connectivity index (χ0n) is 9.03. The number of carbonyl (C=O) groups excluding carboxylic acids is 1. The highest BCUT2D eigenvalue weighted by molar-refractivity contribution is 5.76. The van der Waals surface area contributed by atoms with Gasteiger partial charge < -0.3 is 10.6 Å². The fourth-order valence-corrected chi connectivity index (χ4v) is 1.09. The van der Waals surface area contributed by atoms with Gasteiger partial charge in [-0.15, -0.1) is 0 Å². The van der Waals surface area contributed by atoms with Gasteiger partial charge in [0.1, 0.15) is 5.82 Å². The molecule has 82 valence electrons. The molecule has 0 spiro atoms. The van der Waals surface area contributed by atoms with Gasteiger partial charge in [-0.2, -0.15) is 0 Å². The molecule has 1 rings (SSSR count). The van der Waals surface area contributed by atoms with Crippen molar-refractivity contribution in [2.24, 2.45) is 0 Å². The van der Waals surface area contributed by atoms with Gasteiger partial charge in [0, 0.05) is 31.4 Å². The normalized spacial score (nSPS) is 10.1. The minimum atomic E-state index is 0.0430. The number of nitrogens with one attached hydrogen (secondary N) is 2. The molecular formula is C10H16N4O. The van der Waals surface area contributed by atoms with E-state index in [4.69, 9.17) is 0 Å². The van der Waals surface area contributed by atoms with Crippen molar-refractivity contribution in [1.82, 2.24) is 15.3 Å². The van der Waals surface area contributed by atoms with Crippen LogP contribution in [0.4, 0.5) is 5.82 Å². The van der Waals surface area contributed by atoms with Gasteiger partial charge in [0.05, 0.1) is 6.20 Å². The molecule has 15 heavy (non-hydrogen) atoms. The van der Waals surface area contributed by atoms with Crippen LogP contribution in [0.5, 0.6) is 0 Å². The Balaban J connectivity index is 2.19. The summed E-state index contributed by atoms with van der Waals surface area (Å²) >= 11 is 0. The smallest absolute Gasteiger partial charge is 0.221 e. The molecule has 0 saturated heterocycles. The standard InChI is InChI=1S/C10H16N4O/c1-8(2)14-10(15)3-4-12-9-7-11-5-6-13-9/h5-8H,3-4H2,1-2H3,(H,12,13)(H,14,15). The molecule has 0 aromatic carbocycles. The van der Waals surface area contributed by atoms with E-state index in [1.165, 1.54) is 0 Å². The second kappa shape index (κ2) is 5.95. The second-order valence-electron chi connectivity index (χ2n) is 3.49. The molecule has 1 aromatic rings. The van der Waals surface area contributed by atoms with E-state index in [0.29, 0.717) is 18.8 Å². The Morgan fingerprint density at radius 2 is 2.27 bits per heavy atom. The Morgan fingerprint density at radius 1 is 1.47 bits per heavy atom. The molecule has 0 bridgehead atoms. The van der Waals surface area contributed by atoms with Gasteiger partial charge in [-0.05, 0) is 13.8 Å². The fourth-order valence-electron chi connectivity index (χ4n) is 1.09. The molecule has 5 heteroatoms.